The fourth-order valence-electron chi connectivity index (χ4n) is 3.72. The van der Waals surface area contributed by atoms with Crippen LogP contribution in [0.2, 0.25) is 0 Å². The molecule has 4 nitrogen and oxygen atoms in total. The van der Waals surface area contributed by atoms with Crippen molar-refractivity contribution in [3.05, 3.63) is 64.5 Å². The lowest BCUT2D eigenvalue weighted by atomic mass is 10.1. The maximum atomic E-state index is 13.3. The first-order valence-electron chi connectivity index (χ1n) is 8.82. The molecule has 0 atom stereocenters. The third-order valence-electron chi connectivity index (χ3n) is 4.83. The lowest BCUT2D eigenvalue weighted by Crippen LogP contribution is -2.48. The molecule has 0 aliphatic carbocycles. The highest BCUT2D eigenvalue weighted by molar-refractivity contribution is 7.89. The van der Waals surface area contributed by atoms with Crippen LogP contribution in [0.3, 0.4) is 0 Å². The van der Waals surface area contributed by atoms with Gasteiger partial charge < -0.3 is 0 Å². The fraction of sp³-hybridized carbons (Fsp3) is 0.400. The van der Waals surface area contributed by atoms with Crippen LogP contribution in [-0.2, 0) is 16.6 Å². The van der Waals surface area contributed by atoms with Crippen LogP contribution in [-0.4, -0.2) is 43.8 Å². The Morgan fingerprint density at radius 3 is 2.15 bits per heavy atom. The molecule has 6 heteroatoms. The summed E-state index contributed by atoms with van der Waals surface area (Å²) in [6.07, 6.45) is 0. The van der Waals surface area contributed by atoms with E-state index in [0.717, 1.165) is 22.3 Å². The molecular weight excluding hydrogens is 351 g/mol. The molecule has 0 bridgehead atoms. The van der Waals surface area contributed by atoms with Crippen LogP contribution in [0.4, 0.5) is 4.39 Å². The molecule has 1 saturated heterocycles. The summed E-state index contributed by atoms with van der Waals surface area (Å²) in [5.74, 6) is -0.242. The monoisotopic (exact) mass is 376 g/mol. The van der Waals surface area contributed by atoms with Crippen LogP contribution in [0, 0.1) is 26.6 Å². The molecule has 0 saturated carbocycles. The minimum absolute atomic E-state index is 0.242. The molecule has 0 radical (unpaired) electrons. The molecule has 0 N–H and O–H groups in total. The largest absolute Gasteiger partial charge is 0.296 e. The number of benzene rings is 2. The maximum Gasteiger partial charge on any atom is 0.243 e. The Bertz CT molecular complexity index is 881. The van der Waals surface area contributed by atoms with Gasteiger partial charge in [-0.25, -0.2) is 12.8 Å². The van der Waals surface area contributed by atoms with Crippen molar-refractivity contribution in [3.8, 4) is 0 Å². The Kier molecular flexibility index (Phi) is 5.46. The summed E-state index contributed by atoms with van der Waals surface area (Å²) in [6.45, 7) is 8.49. The number of hydrogen-bond acceptors (Lipinski definition) is 3. The van der Waals surface area contributed by atoms with Crippen molar-refractivity contribution in [3.63, 3.8) is 0 Å². The summed E-state index contributed by atoms with van der Waals surface area (Å²) in [7, 11) is -3.50. The minimum Gasteiger partial charge on any atom is -0.296 e. The maximum absolute atomic E-state index is 13.3. The molecule has 1 aliphatic rings. The van der Waals surface area contributed by atoms with Gasteiger partial charge in [0, 0.05) is 32.7 Å². The number of rotatable bonds is 4. The zero-order valence-corrected chi connectivity index (χ0v) is 16.3. The second kappa shape index (κ2) is 7.47. The standard InChI is InChI=1S/C20H25FN2O2S/c1-15-11-16(2)20(17(3)12-15)26(24,25)23-9-7-22(8-10-23)14-18-5-4-6-19(21)13-18/h4-6,11-13H,7-10,14H2,1-3H3. The molecule has 2 aromatic carbocycles. The molecule has 0 amide bonds. The zero-order valence-electron chi connectivity index (χ0n) is 15.5. The van der Waals surface area contributed by atoms with E-state index in [1.165, 1.54) is 12.1 Å². The highest BCUT2D eigenvalue weighted by atomic mass is 32.2. The predicted octanol–water partition coefficient (Wildman–Crippen LogP) is 3.26. The van der Waals surface area contributed by atoms with E-state index in [1.54, 1.807) is 10.4 Å². The summed E-state index contributed by atoms with van der Waals surface area (Å²) < 4.78 is 41.1. The normalized spacial score (nSPS) is 16.8. The van der Waals surface area contributed by atoms with Gasteiger partial charge in [-0.3, -0.25) is 4.90 Å². The van der Waals surface area contributed by atoms with Gasteiger partial charge in [0.2, 0.25) is 10.0 Å². The van der Waals surface area contributed by atoms with E-state index in [1.807, 2.05) is 39.0 Å². The van der Waals surface area contributed by atoms with E-state index in [9.17, 15) is 12.8 Å². The quantitative estimate of drug-likeness (QED) is 0.822. The number of nitrogens with zero attached hydrogens (tertiary/aromatic N) is 2. The van der Waals surface area contributed by atoms with Crippen LogP contribution in [0.15, 0.2) is 41.3 Å². The SMILES string of the molecule is Cc1cc(C)c(S(=O)(=O)N2CCN(Cc3cccc(F)c3)CC2)c(C)c1. The van der Waals surface area contributed by atoms with E-state index >= 15 is 0 Å². The van der Waals surface area contributed by atoms with Gasteiger partial charge in [0.1, 0.15) is 5.82 Å². The minimum atomic E-state index is -3.50. The molecule has 0 spiro atoms. The number of piperazine rings is 1. The number of halogens is 1. The summed E-state index contributed by atoms with van der Waals surface area (Å²) in [5, 5.41) is 0. The average molecular weight is 376 g/mol. The van der Waals surface area contributed by atoms with Crippen molar-refractivity contribution in [2.24, 2.45) is 0 Å². The number of sulfonamides is 1. The summed E-state index contributed by atoms with van der Waals surface area (Å²) in [5.41, 5.74) is 3.57. The third kappa shape index (κ3) is 3.98. The van der Waals surface area contributed by atoms with Crippen molar-refractivity contribution >= 4 is 10.0 Å². The highest BCUT2D eigenvalue weighted by Gasteiger charge is 2.30. The first-order chi connectivity index (χ1) is 12.3. The van der Waals surface area contributed by atoms with E-state index in [2.05, 4.69) is 4.90 Å². The average Bonchev–Trinajstić information content (AvgIpc) is 2.54. The molecule has 0 unspecified atom stereocenters. The molecule has 3 rings (SSSR count). The van der Waals surface area contributed by atoms with Gasteiger partial charge in [0.15, 0.2) is 0 Å². The van der Waals surface area contributed by atoms with Crippen molar-refractivity contribution < 1.29 is 12.8 Å². The van der Waals surface area contributed by atoms with Crippen LogP contribution in [0.5, 0.6) is 0 Å². The zero-order chi connectivity index (χ0) is 18.9. The van der Waals surface area contributed by atoms with Crippen LogP contribution < -0.4 is 0 Å². The Morgan fingerprint density at radius 1 is 0.962 bits per heavy atom. The lowest BCUT2D eigenvalue weighted by Gasteiger charge is -2.34. The van der Waals surface area contributed by atoms with Gasteiger partial charge in [0.05, 0.1) is 4.90 Å². The van der Waals surface area contributed by atoms with E-state index in [-0.39, 0.29) is 5.82 Å². The van der Waals surface area contributed by atoms with E-state index in [4.69, 9.17) is 0 Å². The fourth-order valence-corrected chi connectivity index (χ4v) is 5.56. The Labute approximate surface area is 155 Å². The van der Waals surface area contributed by atoms with Gasteiger partial charge >= 0.3 is 0 Å². The van der Waals surface area contributed by atoms with Crippen molar-refractivity contribution in [2.75, 3.05) is 26.2 Å². The molecule has 2 aromatic rings. The highest BCUT2D eigenvalue weighted by Crippen LogP contribution is 2.26. The molecule has 1 fully saturated rings. The van der Waals surface area contributed by atoms with Crippen molar-refractivity contribution in [1.82, 2.24) is 9.21 Å². The molecule has 140 valence electrons. The molecular formula is C20H25FN2O2S. The number of hydrogen-bond donors (Lipinski definition) is 0. The van der Waals surface area contributed by atoms with E-state index in [0.29, 0.717) is 37.6 Å². The van der Waals surface area contributed by atoms with Crippen LogP contribution in [0.25, 0.3) is 0 Å². The Balaban J connectivity index is 1.71. The van der Waals surface area contributed by atoms with Crippen LogP contribution in [0.1, 0.15) is 22.3 Å². The van der Waals surface area contributed by atoms with E-state index < -0.39 is 10.0 Å². The molecule has 26 heavy (non-hydrogen) atoms. The van der Waals surface area contributed by atoms with Crippen LogP contribution >= 0.6 is 0 Å². The van der Waals surface area contributed by atoms with Gasteiger partial charge in [-0.1, -0.05) is 29.8 Å². The van der Waals surface area contributed by atoms with Gasteiger partial charge in [0.25, 0.3) is 0 Å². The van der Waals surface area contributed by atoms with Gasteiger partial charge in [-0.05, 0) is 49.6 Å². The Hall–Kier alpha value is -1.76. The molecule has 0 aromatic heterocycles. The summed E-state index contributed by atoms with van der Waals surface area (Å²) >= 11 is 0. The second-order valence-electron chi connectivity index (χ2n) is 7.04. The molecule has 1 heterocycles. The van der Waals surface area contributed by atoms with Crippen molar-refractivity contribution in [1.29, 1.82) is 0 Å². The summed E-state index contributed by atoms with van der Waals surface area (Å²) in [6, 6.07) is 10.4. The topological polar surface area (TPSA) is 40.6 Å². The molecule has 1 aliphatic heterocycles. The lowest BCUT2D eigenvalue weighted by molar-refractivity contribution is 0.181. The van der Waals surface area contributed by atoms with Gasteiger partial charge in [-0.15, -0.1) is 0 Å². The first-order valence-corrected chi connectivity index (χ1v) is 10.3. The predicted molar refractivity (Wildman–Crippen MR) is 101 cm³/mol. The van der Waals surface area contributed by atoms with Gasteiger partial charge in [-0.2, -0.15) is 4.31 Å². The Morgan fingerprint density at radius 2 is 1.58 bits per heavy atom. The smallest absolute Gasteiger partial charge is 0.243 e. The number of aryl methyl sites for hydroxylation is 3. The van der Waals surface area contributed by atoms with Crippen molar-refractivity contribution in [2.45, 2.75) is 32.2 Å². The summed E-state index contributed by atoms with van der Waals surface area (Å²) in [4.78, 5) is 2.59. The third-order valence-corrected chi connectivity index (χ3v) is 7.03. The first kappa shape index (κ1) is 19.0. The second-order valence-corrected chi connectivity index (χ2v) is 8.91.